The monoisotopic (exact) mass is 285 g/mol. The Morgan fingerprint density at radius 1 is 1.28 bits per heavy atom. The molecule has 0 saturated heterocycles. The van der Waals surface area contributed by atoms with E-state index in [9.17, 15) is 0 Å². The second kappa shape index (κ2) is 5.52. The molecule has 0 bridgehead atoms. The van der Waals surface area contributed by atoms with E-state index < -0.39 is 0 Å². The zero-order valence-electron chi connectivity index (χ0n) is 10.8. The lowest BCUT2D eigenvalue weighted by atomic mass is 10.00. The van der Waals surface area contributed by atoms with E-state index in [0.717, 1.165) is 17.6 Å². The fourth-order valence-corrected chi connectivity index (χ4v) is 2.49. The van der Waals surface area contributed by atoms with Gasteiger partial charge in [-0.3, -0.25) is 0 Å². The molecule has 1 aromatic heterocycles. The van der Waals surface area contributed by atoms with Crippen molar-refractivity contribution in [1.82, 2.24) is 5.32 Å². The lowest BCUT2D eigenvalue weighted by molar-refractivity contribution is 0.516. The zero-order valence-corrected chi connectivity index (χ0v) is 12.3. The predicted molar refractivity (Wildman–Crippen MR) is 77.5 cm³/mol. The van der Waals surface area contributed by atoms with Crippen molar-refractivity contribution in [2.75, 3.05) is 7.05 Å². The Labute approximate surface area is 117 Å². The number of furan rings is 1. The number of hydrogen-bond donors (Lipinski definition) is 1. The number of hydrogen-bond acceptors (Lipinski definition) is 2. The molecule has 0 saturated carbocycles. The predicted octanol–water partition coefficient (Wildman–Crippen LogP) is 4.66. The highest BCUT2D eigenvalue weighted by Crippen LogP contribution is 2.36. The molecule has 0 aliphatic rings. The molecular weight excluding hydrogens is 269 g/mol. The summed E-state index contributed by atoms with van der Waals surface area (Å²) >= 11 is 12.2. The standard InChI is InChI=1S/C14H17Cl2NO/c1-8(2)6-10-9-4-5-11(15)13(16)14(9)18-12(10)7-17-3/h4-5,8,17H,6-7H2,1-3H3. The van der Waals surface area contributed by atoms with E-state index in [0.29, 0.717) is 28.1 Å². The number of fused-ring (bicyclic) bond motifs is 1. The van der Waals surface area contributed by atoms with Gasteiger partial charge in [-0.2, -0.15) is 0 Å². The van der Waals surface area contributed by atoms with Gasteiger partial charge in [-0.05, 0) is 31.5 Å². The third-order valence-corrected chi connectivity index (χ3v) is 3.67. The minimum Gasteiger partial charge on any atom is -0.458 e. The molecule has 0 fully saturated rings. The van der Waals surface area contributed by atoms with Crippen LogP contribution < -0.4 is 5.32 Å². The normalized spacial score (nSPS) is 11.7. The van der Waals surface area contributed by atoms with E-state index in [-0.39, 0.29) is 0 Å². The van der Waals surface area contributed by atoms with Gasteiger partial charge in [0.25, 0.3) is 0 Å². The van der Waals surface area contributed by atoms with E-state index in [1.807, 2.05) is 19.2 Å². The van der Waals surface area contributed by atoms with Gasteiger partial charge < -0.3 is 9.73 Å². The second-order valence-corrected chi connectivity index (χ2v) is 5.66. The van der Waals surface area contributed by atoms with Gasteiger partial charge in [0.15, 0.2) is 5.58 Å². The van der Waals surface area contributed by atoms with Gasteiger partial charge in [-0.25, -0.2) is 0 Å². The lowest BCUT2D eigenvalue weighted by Gasteiger charge is -2.05. The highest BCUT2D eigenvalue weighted by molar-refractivity contribution is 6.44. The summed E-state index contributed by atoms with van der Waals surface area (Å²) in [4.78, 5) is 0. The van der Waals surface area contributed by atoms with E-state index in [1.54, 1.807) is 0 Å². The molecule has 0 spiro atoms. The number of benzene rings is 1. The summed E-state index contributed by atoms with van der Waals surface area (Å²) in [5.41, 5.74) is 1.93. The van der Waals surface area contributed by atoms with Crippen LogP contribution in [0.5, 0.6) is 0 Å². The van der Waals surface area contributed by atoms with Crippen molar-refractivity contribution in [3.63, 3.8) is 0 Å². The van der Waals surface area contributed by atoms with Crippen molar-refractivity contribution >= 4 is 34.2 Å². The van der Waals surface area contributed by atoms with Crippen LogP contribution in [0, 0.1) is 5.92 Å². The fraction of sp³-hybridized carbons (Fsp3) is 0.429. The van der Waals surface area contributed by atoms with Crippen LogP contribution >= 0.6 is 23.2 Å². The maximum Gasteiger partial charge on any atom is 0.154 e. The molecule has 18 heavy (non-hydrogen) atoms. The van der Waals surface area contributed by atoms with E-state index in [2.05, 4.69) is 19.2 Å². The van der Waals surface area contributed by atoms with Crippen molar-refractivity contribution < 1.29 is 4.42 Å². The SMILES string of the molecule is CNCc1oc2c(Cl)c(Cl)ccc2c1CC(C)C. The minimum atomic E-state index is 0.501. The van der Waals surface area contributed by atoms with Crippen molar-refractivity contribution in [3.05, 3.63) is 33.5 Å². The van der Waals surface area contributed by atoms with Gasteiger partial charge in [0, 0.05) is 10.9 Å². The van der Waals surface area contributed by atoms with Gasteiger partial charge >= 0.3 is 0 Å². The average molecular weight is 286 g/mol. The largest absolute Gasteiger partial charge is 0.458 e. The van der Waals surface area contributed by atoms with Gasteiger partial charge in [0.1, 0.15) is 10.8 Å². The summed E-state index contributed by atoms with van der Waals surface area (Å²) in [6.45, 7) is 5.09. The topological polar surface area (TPSA) is 25.2 Å². The molecule has 1 aromatic carbocycles. The first-order valence-electron chi connectivity index (χ1n) is 6.07. The van der Waals surface area contributed by atoms with Crippen LogP contribution in [0.3, 0.4) is 0 Å². The molecular formula is C14H17Cl2NO. The first-order chi connectivity index (χ1) is 8.54. The quantitative estimate of drug-likeness (QED) is 0.884. The molecule has 4 heteroatoms. The van der Waals surface area contributed by atoms with Crippen LogP contribution in [0.2, 0.25) is 10.0 Å². The summed E-state index contributed by atoms with van der Waals surface area (Å²) in [5.74, 6) is 1.52. The Balaban J connectivity index is 2.63. The number of halogens is 2. The van der Waals surface area contributed by atoms with Crippen molar-refractivity contribution in [3.8, 4) is 0 Å². The van der Waals surface area contributed by atoms with Gasteiger partial charge in [-0.1, -0.05) is 37.0 Å². The Morgan fingerprint density at radius 2 is 2.00 bits per heavy atom. The van der Waals surface area contributed by atoms with Gasteiger partial charge in [0.2, 0.25) is 0 Å². The molecule has 1 N–H and O–H groups in total. The summed E-state index contributed by atoms with van der Waals surface area (Å²) < 4.78 is 5.87. The highest BCUT2D eigenvalue weighted by atomic mass is 35.5. The van der Waals surface area contributed by atoms with E-state index in [4.69, 9.17) is 27.6 Å². The van der Waals surface area contributed by atoms with Crippen LogP contribution in [-0.2, 0) is 13.0 Å². The highest BCUT2D eigenvalue weighted by Gasteiger charge is 2.18. The Hall–Kier alpha value is -0.700. The van der Waals surface area contributed by atoms with Crippen molar-refractivity contribution in [2.24, 2.45) is 5.92 Å². The third-order valence-electron chi connectivity index (χ3n) is 2.89. The second-order valence-electron chi connectivity index (χ2n) is 4.87. The summed E-state index contributed by atoms with van der Waals surface area (Å²) in [6.07, 6.45) is 0.974. The molecule has 0 aliphatic carbocycles. The van der Waals surface area contributed by atoms with Crippen LogP contribution in [0.1, 0.15) is 25.2 Å². The van der Waals surface area contributed by atoms with Crippen LogP contribution in [0.4, 0.5) is 0 Å². The number of nitrogens with one attached hydrogen (secondary N) is 1. The zero-order chi connectivity index (χ0) is 13.3. The minimum absolute atomic E-state index is 0.501. The average Bonchev–Trinajstić information content (AvgIpc) is 2.63. The number of rotatable bonds is 4. The molecule has 2 nitrogen and oxygen atoms in total. The molecule has 98 valence electrons. The summed E-state index contributed by atoms with van der Waals surface area (Å²) in [5, 5.41) is 5.23. The maximum absolute atomic E-state index is 6.20. The molecule has 0 unspecified atom stereocenters. The molecule has 2 aromatic rings. The molecule has 0 aliphatic heterocycles. The molecule has 0 amide bonds. The van der Waals surface area contributed by atoms with E-state index >= 15 is 0 Å². The molecule has 0 radical (unpaired) electrons. The smallest absolute Gasteiger partial charge is 0.154 e. The molecule has 0 atom stereocenters. The van der Waals surface area contributed by atoms with Crippen LogP contribution in [0.15, 0.2) is 16.5 Å². The van der Waals surface area contributed by atoms with E-state index in [1.165, 1.54) is 5.56 Å². The third kappa shape index (κ3) is 2.51. The summed E-state index contributed by atoms with van der Waals surface area (Å²) in [7, 11) is 1.90. The molecule has 1 heterocycles. The van der Waals surface area contributed by atoms with Crippen molar-refractivity contribution in [2.45, 2.75) is 26.8 Å². The fourth-order valence-electron chi connectivity index (χ4n) is 2.14. The van der Waals surface area contributed by atoms with Gasteiger partial charge in [-0.15, -0.1) is 0 Å². The maximum atomic E-state index is 6.20. The molecule has 2 rings (SSSR count). The lowest BCUT2D eigenvalue weighted by Crippen LogP contribution is -2.07. The van der Waals surface area contributed by atoms with Crippen LogP contribution in [-0.4, -0.2) is 7.05 Å². The Kier molecular flexibility index (Phi) is 4.21. The Bertz CT molecular complexity index is 560. The Morgan fingerprint density at radius 3 is 2.61 bits per heavy atom. The summed E-state index contributed by atoms with van der Waals surface area (Å²) in [6, 6.07) is 3.82. The van der Waals surface area contributed by atoms with Crippen LogP contribution in [0.25, 0.3) is 11.0 Å². The van der Waals surface area contributed by atoms with Gasteiger partial charge in [0.05, 0.1) is 11.6 Å². The first-order valence-corrected chi connectivity index (χ1v) is 6.83. The first kappa shape index (κ1) is 13.7. The van der Waals surface area contributed by atoms with Crippen molar-refractivity contribution in [1.29, 1.82) is 0 Å².